The number of unbranched alkanes of at least 4 members (excludes halogenated alkanes) is 8. The fourth-order valence-corrected chi connectivity index (χ4v) is 4.31. The molecule has 0 fully saturated rings. The van der Waals surface area contributed by atoms with Gasteiger partial charge in [-0.25, -0.2) is 0 Å². The number of phenols is 1. The van der Waals surface area contributed by atoms with Gasteiger partial charge in [0.25, 0.3) is 5.91 Å². The maximum Gasteiger partial charge on any atom is 0.316 e. The largest absolute Gasteiger partial charge is 0.507 e. The standard InChI is InChI=1S/C25H39NO4S/c1-2-3-4-5-6-7-8-9-10-11-12-15-20-31-23(25(29)30)18-19-26-24(28)21-16-13-14-17-22(21)27/h8-9,13-14,16-17,23,27H,2-7,10-12,15,18-20H2,1H3,(H,26,28)(H,29,30). The maximum atomic E-state index is 12.1. The van der Waals surface area contributed by atoms with Crippen LogP contribution in [0.25, 0.3) is 0 Å². The van der Waals surface area contributed by atoms with Crippen LogP contribution in [0.5, 0.6) is 5.75 Å². The fraction of sp³-hybridized carbons (Fsp3) is 0.600. The second kappa shape index (κ2) is 17.7. The zero-order valence-corrected chi connectivity index (χ0v) is 19.7. The summed E-state index contributed by atoms with van der Waals surface area (Å²) in [5, 5.41) is 21.3. The quantitative estimate of drug-likeness (QED) is 0.184. The molecule has 1 atom stereocenters. The molecule has 0 saturated heterocycles. The minimum Gasteiger partial charge on any atom is -0.507 e. The molecule has 0 aliphatic carbocycles. The summed E-state index contributed by atoms with van der Waals surface area (Å²) in [5.74, 6) is -0.498. The first kappa shape index (κ1) is 27.1. The highest BCUT2D eigenvalue weighted by molar-refractivity contribution is 8.00. The highest BCUT2D eigenvalue weighted by Crippen LogP contribution is 2.19. The molecule has 6 heteroatoms. The molecule has 1 unspecified atom stereocenters. The van der Waals surface area contributed by atoms with Crippen LogP contribution in [0.3, 0.4) is 0 Å². The van der Waals surface area contributed by atoms with E-state index in [0.717, 1.165) is 31.4 Å². The lowest BCUT2D eigenvalue weighted by atomic mass is 10.1. The molecule has 1 aromatic carbocycles. The smallest absolute Gasteiger partial charge is 0.316 e. The molecule has 1 aromatic rings. The number of para-hydroxylation sites is 1. The van der Waals surface area contributed by atoms with E-state index in [2.05, 4.69) is 24.4 Å². The van der Waals surface area contributed by atoms with E-state index in [-0.39, 0.29) is 23.8 Å². The molecule has 0 radical (unpaired) electrons. The fourth-order valence-electron chi connectivity index (χ4n) is 3.22. The SMILES string of the molecule is CCCCCCCC=CCCCCCSC(CCNC(=O)c1ccccc1O)C(=O)O. The van der Waals surface area contributed by atoms with Crippen molar-refractivity contribution in [2.45, 2.75) is 82.8 Å². The normalized spacial score (nSPS) is 12.2. The van der Waals surface area contributed by atoms with Crippen LogP contribution < -0.4 is 5.32 Å². The van der Waals surface area contributed by atoms with Crippen LogP contribution >= 0.6 is 11.8 Å². The van der Waals surface area contributed by atoms with Crippen LogP contribution in [-0.2, 0) is 4.79 Å². The number of hydrogen-bond donors (Lipinski definition) is 3. The number of aromatic hydroxyl groups is 1. The van der Waals surface area contributed by atoms with E-state index in [4.69, 9.17) is 0 Å². The van der Waals surface area contributed by atoms with Gasteiger partial charge >= 0.3 is 5.97 Å². The molecule has 5 nitrogen and oxygen atoms in total. The number of nitrogens with one attached hydrogen (secondary N) is 1. The lowest BCUT2D eigenvalue weighted by Gasteiger charge is -2.13. The Bertz CT molecular complexity index is 663. The second-order valence-corrected chi connectivity index (χ2v) is 9.09. The van der Waals surface area contributed by atoms with Gasteiger partial charge in [0, 0.05) is 6.54 Å². The third-order valence-corrected chi connectivity index (χ3v) is 6.46. The van der Waals surface area contributed by atoms with Gasteiger partial charge in [0.15, 0.2) is 0 Å². The number of allylic oxidation sites excluding steroid dienone is 2. The van der Waals surface area contributed by atoms with Crippen molar-refractivity contribution >= 4 is 23.6 Å². The minimum atomic E-state index is -0.844. The van der Waals surface area contributed by atoms with E-state index in [1.165, 1.54) is 62.4 Å². The molecule has 31 heavy (non-hydrogen) atoms. The van der Waals surface area contributed by atoms with Crippen molar-refractivity contribution in [1.29, 1.82) is 0 Å². The molecule has 0 aliphatic heterocycles. The van der Waals surface area contributed by atoms with Gasteiger partial charge in [-0.2, -0.15) is 0 Å². The van der Waals surface area contributed by atoms with Crippen molar-refractivity contribution in [3.63, 3.8) is 0 Å². The van der Waals surface area contributed by atoms with E-state index in [1.807, 2.05) is 0 Å². The molecule has 1 amide bonds. The van der Waals surface area contributed by atoms with Gasteiger partial charge in [0.05, 0.1) is 5.56 Å². The Morgan fingerprint density at radius 3 is 2.29 bits per heavy atom. The number of carboxylic acids is 1. The molecule has 174 valence electrons. The number of carbonyl (C=O) groups is 2. The number of carbonyl (C=O) groups excluding carboxylic acids is 1. The van der Waals surface area contributed by atoms with Crippen molar-refractivity contribution in [2.24, 2.45) is 0 Å². The Morgan fingerprint density at radius 2 is 1.65 bits per heavy atom. The van der Waals surface area contributed by atoms with Crippen molar-refractivity contribution < 1.29 is 19.8 Å². The summed E-state index contributed by atoms with van der Waals surface area (Å²) in [4.78, 5) is 23.5. The number of hydrogen-bond acceptors (Lipinski definition) is 4. The Morgan fingerprint density at radius 1 is 1.00 bits per heavy atom. The molecular formula is C25H39NO4S. The maximum absolute atomic E-state index is 12.1. The van der Waals surface area contributed by atoms with E-state index < -0.39 is 11.2 Å². The monoisotopic (exact) mass is 449 g/mol. The lowest BCUT2D eigenvalue weighted by molar-refractivity contribution is -0.136. The molecule has 0 saturated carbocycles. The molecule has 0 aromatic heterocycles. The topological polar surface area (TPSA) is 86.6 Å². The number of rotatable bonds is 18. The number of amides is 1. The van der Waals surface area contributed by atoms with Crippen molar-refractivity contribution in [3.05, 3.63) is 42.0 Å². The molecule has 0 spiro atoms. The van der Waals surface area contributed by atoms with Crippen LogP contribution in [0.4, 0.5) is 0 Å². The van der Waals surface area contributed by atoms with E-state index in [9.17, 15) is 19.8 Å². The first-order chi connectivity index (χ1) is 15.1. The zero-order chi connectivity index (χ0) is 22.7. The van der Waals surface area contributed by atoms with Gasteiger partial charge in [0.2, 0.25) is 0 Å². The van der Waals surface area contributed by atoms with Gasteiger partial charge in [-0.15, -0.1) is 11.8 Å². The van der Waals surface area contributed by atoms with Gasteiger partial charge in [-0.05, 0) is 56.4 Å². The molecule has 1 rings (SSSR count). The third-order valence-electron chi connectivity index (χ3n) is 5.09. The first-order valence-electron chi connectivity index (χ1n) is 11.6. The highest BCUT2D eigenvalue weighted by atomic mass is 32.2. The molecule has 0 bridgehead atoms. The van der Waals surface area contributed by atoms with Crippen LogP contribution in [-0.4, -0.2) is 39.6 Å². The first-order valence-corrected chi connectivity index (χ1v) is 12.7. The molecule has 0 heterocycles. The van der Waals surface area contributed by atoms with Crippen molar-refractivity contribution in [1.82, 2.24) is 5.32 Å². The predicted molar refractivity (Wildman–Crippen MR) is 130 cm³/mol. The number of benzene rings is 1. The van der Waals surface area contributed by atoms with Crippen LogP contribution in [0.15, 0.2) is 36.4 Å². The summed E-state index contributed by atoms with van der Waals surface area (Å²) in [6.07, 6.45) is 17.1. The van der Waals surface area contributed by atoms with E-state index in [0.29, 0.717) is 6.42 Å². The number of phenolic OH excluding ortho intramolecular Hbond substituents is 1. The summed E-state index contributed by atoms with van der Waals surface area (Å²) in [6, 6.07) is 6.32. The van der Waals surface area contributed by atoms with Gasteiger partial charge in [0.1, 0.15) is 11.0 Å². The number of carboxylic acid groups (broad SMARTS) is 1. The molecule has 0 aliphatic rings. The average Bonchev–Trinajstić information content (AvgIpc) is 2.75. The van der Waals surface area contributed by atoms with Gasteiger partial charge in [-0.1, -0.05) is 63.3 Å². The van der Waals surface area contributed by atoms with Crippen molar-refractivity contribution in [3.8, 4) is 5.75 Å². The highest BCUT2D eigenvalue weighted by Gasteiger charge is 2.18. The number of thioether (sulfide) groups is 1. The zero-order valence-electron chi connectivity index (χ0n) is 18.9. The lowest BCUT2D eigenvalue weighted by Crippen LogP contribution is -2.29. The number of aliphatic carboxylic acids is 1. The van der Waals surface area contributed by atoms with Crippen LogP contribution in [0, 0.1) is 0 Å². The van der Waals surface area contributed by atoms with E-state index >= 15 is 0 Å². The van der Waals surface area contributed by atoms with Crippen molar-refractivity contribution in [2.75, 3.05) is 12.3 Å². The third kappa shape index (κ3) is 13.1. The Kier molecular flexibility index (Phi) is 15.5. The molecule has 3 N–H and O–H groups in total. The van der Waals surface area contributed by atoms with Crippen LogP contribution in [0.1, 0.15) is 87.9 Å². The van der Waals surface area contributed by atoms with Gasteiger partial charge in [-0.3, -0.25) is 9.59 Å². The summed E-state index contributed by atoms with van der Waals surface area (Å²) in [5.41, 5.74) is 0.201. The van der Waals surface area contributed by atoms with E-state index in [1.54, 1.807) is 12.1 Å². The Hall–Kier alpha value is -1.95. The minimum absolute atomic E-state index is 0.0778. The Balaban J connectivity index is 2.09. The molecular weight excluding hydrogens is 410 g/mol. The Labute approximate surface area is 191 Å². The average molecular weight is 450 g/mol. The summed E-state index contributed by atoms with van der Waals surface area (Å²) < 4.78 is 0. The predicted octanol–water partition coefficient (Wildman–Crippen LogP) is 6.18. The van der Waals surface area contributed by atoms with Crippen LogP contribution in [0.2, 0.25) is 0 Å². The summed E-state index contributed by atoms with van der Waals surface area (Å²) in [6.45, 7) is 2.50. The summed E-state index contributed by atoms with van der Waals surface area (Å²) in [7, 11) is 0. The summed E-state index contributed by atoms with van der Waals surface area (Å²) >= 11 is 1.44. The van der Waals surface area contributed by atoms with Gasteiger partial charge < -0.3 is 15.5 Å². The second-order valence-electron chi connectivity index (χ2n) is 7.78.